The predicted octanol–water partition coefficient (Wildman–Crippen LogP) is 8.86. The van der Waals surface area contributed by atoms with Crippen molar-refractivity contribution in [3.63, 3.8) is 0 Å². The van der Waals surface area contributed by atoms with Crippen LogP contribution >= 0.6 is 0 Å². The number of hydrogen-bond donors (Lipinski definition) is 2. The summed E-state index contributed by atoms with van der Waals surface area (Å²) in [7, 11) is 0. The van der Waals surface area contributed by atoms with Gasteiger partial charge in [-0.25, -0.2) is 19.2 Å². The van der Waals surface area contributed by atoms with Gasteiger partial charge in [0, 0.05) is 35.7 Å². The van der Waals surface area contributed by atoms with Gasteiger partial charge in [-0.1, -0.05) is 25.3 Å². The standard InChI is InChI=1S/C51H72O18/c1-16-58-28-32(13)49(56)68-45-41(64-22-7)37(60-18-3)35(38(61-19-4)42(45)65-23-8)51(15,34(26-30(11)47(52)53)27-31(12)48(54)55)36-39(62-20-5)43(66-24-9)46(44(67-25-10)40(36)63-21-6)69-50(57)33(14)29-59-17-2/h26-27,34H,13-14,16-25,28-29H2,1-12,15H3,(H,52,53)(H,54,55). The first-order chi connectivity index (χ1) is 32.9. The average Bonchev–Trinajstić information content (AvgIpc) is 3.31. The second kappa shape index (κ2) is 28.8. The van der Waals surface area contributed by atoms with Crippen molar-refractivity contribution in [3.8, 4) is 57.5 Å². The third kappa shape index (κ3) is 14.3. The molecule has 0 aliphatic heterocycles. The average molecular weight is 973 g/mol. The van der Waals surface area contributed by atoms with Crippen LogP contribution in [0.3, 0.4) is 0 Å². The Labute approximate surface area is 406 Å². The van der Waals surface area contributed by atoms with E-state index in [2.05, 4.69) is 13.2 Å². The summed E-state index contributed by atoms with van der Waals surface area (Å²) in [6.07, 6.45) is 2.73. The Morgan fingerprint density at radius 2 is 0.696 bits per heavy atom. The number of carbonyl (C=O) groups is 4. The van der Waals surface area contributed by atoms with Crippen LogP contribution in [0.4, 0.5) is 0 Å². The van der Waals surface area contributed by atoms with Crippen LogP contribution < -0.4 is 47.4 Å². The number of ether oxygens (including phenoxy) is 12. The molecule has 0 bridgehead atoms. The lowest BCUT2D eigenvalue weighted by Gasteiger charge is -2.41. The number of esters is 2. The Morgan fingerprint density at radius 3 is 0.913 bits per heavy atom. The quantitative estimate of drug-likeness (QED) is 0.0387. The van der Waals surface area contributed by atoms with Gasteiger partial charge in [-0.15, -0.1) is 0 Å². The minimum Gasteiger partial charge on any atom is -0.489 e. The van der Waals surface area contributed by atoms with Gasteiger partial charge in [0.1, 0.15) is 0 Å². The maximum Gasteiger partial charge on any atom is 0.341 e. The second-order valence-electron chi connectivity index (χ2n) is 14.8. The van der Waals surface area contributed by atoms with Crippen molar-refractivity contribution < 1.29 is 86.2 Å². The lowest BCUT2D eigenvalue weighted by atomic mass is 9.64. The van der Waals surface area contributed by atoms with Crippen LogP contribution in [0.1, 0.15) is 101 Å². The van der Waals surface area contributed by atoms with Gasteiger partial charge in [0.15, 0.2) is 23.0 Å². The molecule has 2 aromatic rings. The first kappa shape index (κ1) is 58.7. The maximum atomic E-state index is 13.9. The van der Waals surface area contributed by atoms with Gasteiger partial charge in [0.05, 0.1) is 88.3 Å². The summed E-state index contributed by atoms with van der Waals surface area (Å²) >= 11 is 0. The molecule has 18 nitrogen and oxygen atoms in total. The van der Waals surface area contributed by atoms with Gasteiger partial charge >= 0.3 is 23.9 Å². The molecule has 0 amide bonds. The van der Waals surface area contributed by atoms with Crippen molar-refractivity contribution >= 4 is 23.9 Å². The molecule has 2 aromatic carbocycles. The zero-order chi connectivity index (χ0) is 52.0. The summed E-state index contributed by atoms with van der Waals surface area (Å²) < 4.78 is 75.0. The molecular weight excluding hydrogens is 901 g/mol. The summed E-state index contributed by atoms with van der Waals surface area (Å²) in [6, 6.07) is 0. The molecule has 0 saturated heterocycles. The largest absolute Gasteiger partial charge is 0.489 e. The van der Waals surface area contributed by atoms with Crippen molar-refractivity contribution in [1.82, 2.24) is 0 Å². The van der Waals surface area contributed by atoms with E-state index in [1.165, 1.54) is 26.0 Å². The summed E-state index contributed by atoms with van der Waals surface area (Å²) in [5.74, 6) is -7.25. The zero-order valence-corrected chi connectivity index (χ0v) is 42.6. The Bertz CT molecular complexity index is 1960. The van der Waals surface area contributed by atoms with Crippen LogP contribution in [-0.4, -0.2) is 113 Å². The maximum absolute atomic E-state index is 13.9. The number of carboxylic acid groups (broad SMARTS) is 2. The van der Waals surface area contributed by atoms with E-state index in [9.17, 15) is 29.4 Å². The highest BCUT2D eigenvalue weighted by molar-refractivity contribution is 5.93. The van der Waals surface area contributed by atoms with E-state index in [0.717, 1.165) is 0 Å². The number of carbonyl (C=O) groups excluding carboxylic acids is 2. The zero-order valence-electron chi connectivity index (χ0n) is 42.6. The molecule has 0 aromatic heterocycles. The SMILES string of the molecule is C=C(COCC)C(=O)Oc1c(OCC)c(OCC)c(C(C)(c2c(OCC)c(OCC)c(OC(=O)C(=C)COCC)c(OCC)c2OCC)C(C=C(C)C(=O)O)C=C(C)C(=O)O)c(OCC)c1OCC. The van der Waals surface area contributed by atoms with Gasteiger partial charge in [-0.05, 0) is 90.0 Å². The van der Waals surface area contributed by atoms with E-state index in [4.69, 9.17) is 56.8 Å². The van der Waals surface area contributed by atoms with Crippen LogP contribution in [0.5, 0.6) is 57.5 Å². The van der Waals surface area contributed by atoms with Crippen LogP contribution in [0, 0.1) is 5.92 Å². The molecule has 0 atom stereocenters. The molecule has 2 N–H and O–H groups in total. The Hall–Kier alpha value is -6.40. The monoisotopic (exact) mass is 972 g/mol. The number of aliphatic carboxylic acids is 2. The molecule has 0 heterocycles. The fraction of sp³-hybridized carbons (Fsp3) is 0.529. The molecule has 0 radical (unpaired) electrons. The Balaban J connectivity index is 3.93. The minimum absolute atomic E-state index is 0.0221. The van der Waals surface area contributed by atoms with Gasteiger partial charge in [-0.3, -0.25) is 0 Å². The number of benzene rings is 2. The summed E-state index contributed by atoms with van der Waals surface area (Å²) in [5.41, 5.74) is -2.32. The molecule has 69 heavy (non-hydrogen) atoms. The third-order valence-corrected chi connectivity index (χ3v) is 10.0. The van der Waals surface area contributed by atoms with Crippen molar-refractivity contribution in [2.45, 2.75) is 95.4 Å². The van der Waals surface area contributed by atoms with Gasteiger partial charge in [0.25, 0.3) is 0 Å². The van der Waals surface area contributed by atoms with Crippen LogP contribution in [0.25, 0.3) is 0 Å². The molecule has 0 unspecified atom stereocenters. The number of carboxylic acids is 2. The predicted molar refractivity (Wildman–Crippen MR) is 258 cm³/mol. The highest BCUT2D eigenvalue weighted by Crippen LogP contribution is 2.66. The second-order valence-corrected chi connectivity index (χ2v) is 14.8. The molecule has 384 valence electrons. The van der Waals surface area contributed by atoms with E-state index in [1.807, 2.05) is 0 Å². The van der Waals surface area contributed by atoms with Crippen molar-refractivity contribution in [2.75, 3.05) is 79.3 Å². The van der Waals surface area contributed by atoms with Crippen LogP contribution in [0.15, 0.2) is 47.6 Å². The molecule has 0 aliphatic rings. The fourth-order valence-corrected chi connectivity index (χ4v) is 7.06. The Morgan fingerprint density at radius 1 is 0.449 bits per heavy atom. The first-order valence-electron chi connectivity index (χ1n) is 23.2. The van der Waals surface area contributed by atoms with Gasteiger partial charge in [-0.2, -0.15) is 0 Å². The van der Waals surface area contributed by atoms with Crippen molar-refractivity contribution in [1.29, 1.82) is 0 Å². The lowest BCUT2D eigenvalue weighted by molar-refractivity contribution is -0.133. The number of hydrogen-bond acceptors (Lipinski definition) is 16. The van der Waals surface area contributed by atoms with E-state index >= 15 is 0 Å². The molecule has 2 rings (SSSR count). The number of rotatable bonds is 33. The van der Waals surface area contributed by atoms with Crippen molar-refractivity contribution in [2.24, 2.45) is 5.92 Å². The summed E-state index contributed by atoms with van der Waals surface area (Å²) in [4.78, 5) is 53.5. The Kier molecular flexibility index (Phi) is 24.5. The topological polar surface area (TPSA) is 220 Å². The molecule has 0 aliphatic carbocycles. The van der Waals surface area contributed by atoms with E-state index in [0.29, 0.717) is 13.2 Å². The van der Waals surface area contributed by atoms with Crippen molar-refractivity contribution in [3.05, 3.63) is 58.7 Å². The molecule has 0 fully saturated rings. The van der Waals surface area contributed by atoms with Crippen LogP contribution in [0.2, 0.25) is 0 Å². The van der Waals surface area contributed by atoms with Crippen LogP contribution in [-0.2, 0) is 34.1 Å². The molecule has 0 saturated carbocycles. The molecule has 18 heteroatoms. The molecule has 0 spiro atoms. The highest BCUT2D eigenvalue weighted by Gasteiger charge is 2.51. The minimum atomic E-state index is -1.96. The summed E-state index contributed by atoms with van der Waals surface area (Å²) in [6.45, 7) is 29.2. The summed E-state index contributed by atoms with van der Waals surface area (Å²) in [5, 5.41) is 21.0. The highest BCUT2D eigenvalue weighted by atomic mass is 16.6. The van der Waals surface area contributed by atoms with Gasteiger partial charge < -0.3 is 67.1 Å². The van der Waals surface area contributed by atoms with E-state index in [1.54, 1.807) is 76.2 Å². The van der Waals surface area contributed by atoms with Gasteiger partial charge in [0.2, 0.25) is 34.5 Å². The smallest absolute Gasteiger partial charge is 0.341 e. The first-order valence-corrected chi connectivity index (χ1v) is 23.2. The normalized spacial score (nSPS) is 12.1. The third-order valence-electron chi connectivity index (χ3n) is 10.0. The number of allylic oxidation sites excluding steroid dienone is 2. The fourth-order valence-electron chi connectivity index (χ4n) is 7.06. The molecular formula is C51H72O18. The van der Waals surface area contributed by atoms with E-state index < -0.39 is 35.2 Å². The lowest BCUT2D eigenvalue weighted by Crippen LogP contribution is -2.36. The van der Waals surface area contributed by atoms with E-state index in [-0.39, 0.29) is 157 Å².